The number of rotatable bonds is 9. The van der Waals surface area contributed by atoms with E-state index in [1.54, 1.807) is 0 Å². The van der Waals surface area contributed by atoms with Crippen molar-refractivity contribution in [2.45, 2.75) is 52.4 Å². The second-order valence-corrected chi connectivity index (χ2v) is 8.15. The molecule has 7 nitrogen and oxygen atoms in total. The fraction of sp³-hybridized carbons (Fsp3) is 0.850. The molecule has 2 rings (SSSR count). The molecule has 27 heavy (non-hydrogen) atoms. The van der Waals surface area contributed by atoms with Crippen LogP contribution in [0.15, 0.2) is 0 Å². The first-order chi connectivity index (χ1) is 13.0. The first-order valence-corrected chi connectivity index (χ1v) is 10.5. The fourth-order valence-electron chi connectivity index (χ4n) is 3.65. The third kappa shape index (κ3) is 7.48. The number of unbranched alkanes of at least 4 members (excludes halogenated alkanes) is 2. The van der Waals surface area contributed by atoms with Gasteiger partial charge in [-0.2, -0.15) is 0 Å². The Morgan fingerprint density at radius 3 is 2.26 bits per heavy atom. The minimum absolute atomic E-state index is 0.123. The van der Waals surface area contributed by atoms with Crippen molar-refractivity contribution in [3.05, 3.63) is 0 Å². The maximum absolute atomic E-state index is 12.3. The average molecular weight is 381 g/mol. The zero-order valence-corrected chi connectivity index (χ0v) is 17.0. The Balaban J connectivity index is 1.51. The van der Waals surface area contributed by atoms with Gasteiger partial charge in [0.1, 0.15) is 0 Å². The molecule has 2 saturated heterocycles. The molecule has 2 fully saturated rings. The Labute approximate surface area is 163 Å². The molecule has 0 aromatic carbocycles. The summed E-state index contributed by atoms with van der Waals surface area (Å²) >= 11 is 0. The third-order valence-electron chi connectivity index (χ3n) is 5.37. The zero-order valence-electron chi connectivity index (χ0n) is 17.0. The summed E-state index contributed by atoms with van der Waals surface area (Å²) in [7, 11) is 0. The number of amides is 3. The largest absolute Gasteiger partial charge is 0.356 e. The summed E-state index contributed by atoms with van der Waals surface area (Å²) in [6.45, 7) is 9.11. The van der Waals surface area contributed by atoms with Crippen LogP contribution in [-0.2, 0) is 14.4 Å². The molecule has 2 N–H and O–H groups in total. The highest BCUT2D eigenvalue weighted by atomic mass is 16.2. The molecule has 0 radical (unpaired) electrons. The van der Waals surface area contributed by atoms with Gasteiger partial charge in [-0.05, 0) is 31.7 Å². The topological polar surface area (TPSA) is 81.8 Å². The first kappa shape index (κ1) is 21.7. The smallest absolute Gasteiger partial charge is 0.224 e. The molecular weight excluding hydrogens is 344 g/mol. The molecule has 2 aliphatic rings. The van der Waals surface area contributed by atoms with Gasteiger partial charge in [-0.1, -0.05) is 20.3 Å². The number of piperazine rings is 1. The molecular formula is C20H36N4O3. The first-order valence-electron chi connectivity index (χ1n) is 10.5. The van der Waals surface area contributed by atoms with Gasteiger partial charge in [0, 0.05) is 52.1 Å². The molecule has 0 spiro atoms. The highest BCUT2D eigenvalue weighted by molar-refractivity contribution is 5.79. The van der Waals surface area contributed by atoms with Crippen LogP contribution in [0.4, 0.5) is 0 Å². The van der Waals surface area contributed by atoms with Gasteiger partial charge in [-0.15, -0.1) is 0 Å². The van der Waals surface area contributed by atoms with Crippen LogP contribution < -0.4 is 10.6 Å². The summed E-state index contributed by atoms with van der Waals surface area (Å²) in [4.78, 5) is 40.0. The molecule has 3 amide bonds. The molecule has 154 valence electrons. The average Bonchev–Trinajstić information content (AvgIpc) is 3.18. The minimum atomic E-state index is 0.123. The van der Waals surface area contributed by atoms with E-state index < -0.39 is 0 Å². The fourth-order valence-corrected chi connectivity index (χ4v) is 3.65. The maximum atomic E-state index is 12.3. The van der Waals surface area contributed by atoms with Crippen molar-refractivity contribution in [3.8, 4) is 0 Å². The van der Waals surface area contributed by atoms with Gasteiger partial charge in [0.05, 0.1) is 5.92 Å². The normalized spacial score (nSPS) is 20.2. The van der Waals surface area contributed by atoms with Crippen molar-refractivity contribution in [2.75, 3.05) is 45.8 Å². The van der Waals surface area contributed by atoms with E-state index in [1.807, 2.05) is 9.80 Å². The molecule has 2 heterocycles. The number of hydrogen-bond donors (Lipinski definition) is 2. The number of nitrogens with zero attached hydrogens (tertiary/aromatic N) is 2. The van der Waals surface area contributed by atoms with E-state index in [1.165, 1.54) is 0 Å². The Morgan fingerprint density at radius 2 is 1.67 bits per heavy atom. The predicted octanol–water partition coefficient (Wildman–Crippen LogP) is 0.989. The van der Waals surface area contributed by atoms with Crippen molar-refractivity contribution in [1.29, 1.82) is 0 Å². The zero-order chi connectivity index (χ0) is 19.6. The lowest BCUT2D eigenvalue weighted by Gasteiger charge is -2.35. The van der Waals surface area contributed by atoms with Crippen molar-refractivity contribution < 1.29 is 14.4 Å². The van der Waals surface area contributed by atoms with Crippen LogP contribution in [0.2, 0.25) is 0 Å². The summed E-state index contributed by atoms with van der Waals surface area (Å²) < 4.78 is 0. The van der Waals surface area contributed by atoms with Gasteiger partial charge in [0.25, 0.3) is 0 Å². The second kappa shape index (κ2) is 11.3. The summed E-state index contributed by atoms with van der Waals surface area (Å²) in [5, 5.41) is 6.19. The Kier molecular flexibility index (Phi) is 9.04. The molecule has 0 aliphatic carbocycles. The Morgan fingerprint density at radius 1 is 1.00 bits per heavy atom. The van der Waals surface area contributed by atoms with Gasteiger partial charge in [-0.25, -0.2) is 0 Å². The predicted molar refractivity (Wildman–Crippen MR) is 105 cm³/mol. The van der Waals surface area contributed by atoms with Gasteiger partial charge >= 0.3 is 0 Å². The minimum Gasteiger partial charge on any atom is -0.356 e. The quantitative estimate of drug-likeness (QED) is 0.585. The molecule has 2 aliphatic heterocycles. The van der Waals surface area contributed by atoms with Gasteiger partial charge < -0.3 is 20.4 Å². The van der Waals surface area contributed by atoms with Gasteiger partial charge in [-0.3, -0.25) is 14.4 Å². The van der Waals surface area contributed by atoms with Crippen LogP contribution in [0, 0.1) is 11.8 Å². The van der Waals surface area contributed by atoms with Gasteiger partial charge in [0.15, 0.2) is 0 Å². The summed E-state index contributed by atoms with van der Waals surface area (Å²) in [6, 6.07) is 0. The SMILES string of the molecule is CC(C)CC(=O)N1CCN(C(=O)CCCCCNC(=O)C2CCNC2)CC1. The van der Waals surface area contributed by atoms with Gasteiger partial charge in [0.2, 0.25) is 17.7 Å². The van der Waals surface area contributed by atoms with Crippen molar-refractivity contribution in [1.82, 2.24) is 20.4 Å². The van der Waals surface area contributed by atoms with Crippen LogP contribution in [0.3, 0.4) is 0 Å². The number of carbonyl (C=O) groups is 3. The van der Waals surface area contributed by atoms with Crippen LogP contribution in [0.25, 0.3) is 0 Å². The lowest BCUT2D eigenvalue weighted by atomic mass is 10.1. The Hall–Kier alpha value is -1.63. The second-order valence-electron chi connectivity index (χ2n) is 8.15. The van der Waals surface area contributed by atoms with E-state index in [0.29, 0.717) is 51.5 Å². The van der Waals surface area contributed by atoms with E-state index in [-0.39, 0.29) is 23.6 Å². The van der Waals surface area contributed by atoms with Crippen molar-refractivity contribution in [3.63, 3.8) is 0 Å². The van der Waals surface area contributed by atoms with E-state index >= 15 is 0 Å². The van der Waals surface area contributed by atoms with Crippen LogP contribution in [0.5, 0.6) is 0 Å². The lowest BCUT2D eigenvalue weighted by molar-refractivity contribution is -0.140. The molecule has 0 bridgehead atoms. The number of hydrogen-bond acceptors (Lipinski definition) is 4. The standard InChI is InChI=1S/C20H36N4O3/c1-16(2)14-19(26)24-12-10-23(11-13-24)18(25)6-4-3-5-8-22-20(27)17-7-9-21-15-17/h16-17,21H,3-15H2,1-2H3,(H,22,27). The van der Waals surface area contributed by atoms with Crippen LogP contribution in [0.1, 0.15) is 52.4 Å². The molecule has 7 heteroatoms. The summed E-state index contributed by atoms with van der Waals surface area (Å²) in [5.41, 5.74) is 0. The maximum Gasteiger partial charge on any atom is 0.224 e. The number of carbonyl (C=O) groups excluding carboxylic acids is 3. The van der Waals surface area contributed by atoms with E-state index in [9.17, 15) is 14.4 Å². The highest BCUT2D eigenvalue weighted by Gasteiger charge is 2.24. The van der Waals surface area contributed by atoms with E-state index in [0.717, 1.165) is 38.8 Å². The molecule has 1 unspecified atom stereocenters. The molecule has 0 aromatic heterocycles. The number of nitrogens with one attached hydrogen (secondary N) is 2. The van der Waals surface area contributed by atoms with Crippen LogP contribution >= 0.6 is 0 Å². The molecule has 0 aromatic rings. The van der Waals surface area contributed by atoms with Crippen LogP contribution in [-0.4, -0.2) is 73.3 Å². The monoisotopic (exact) mass is 380 g/mol. The molecule has 0 saturated carbocycles. The third-order valence-corrected chi connectivity index (χ3v) is 5.37. The Bertz CT molecular complexity index is 495. The lowest BCUT2D eigenvalue weighted by Crippen LogP contribution is -2.50. The van der Waals surface area contributed by atoms with E-state index in [4.69, 9.17) is 0 Å². The van der Waals surface area contributed by atoms with Crippen molar-refractivity contribution >= 4 is 17.7 Å². The van der Waals surface area contributed by atoms with Crippen molar-refractivity contribution in [2.24, 2.45) is 11.8 Å². The summed E-state index contributed by atoms with van der Waals surface area (Å²) in [6.07, 6.45) is 4.78. The summed E-state index contributed by atoms with van der Waals surface area (Å²) in [5.74, 6) is 1.04. The highest BCUT2D eigenvalue weighted by Crippen LogP contribution is 2.11. The molecule has 1 atom stereocenters. The van der Waals surface area contributed by atoms with E-state index in [2.05, 4.69) is 24.5 Å².